The predicted octanol–water partition coefficient (Wildman–Crippen LogP) is 6.65. The SMILES string of the molecule is CC1(Cc2c(Cl)cccc2Cl)c2ccsc2-c2sccc21. The largest absolute Gasteiger partial charge is 0.143 e. The van der Waals surface area contributed by atoms with E-state index in [1.165, 1.54) is 20.9 Å². The zero-order valence-electron chi connectivity index (χ0n) is 11.3. The van der Waals surface area contributed by atoms with E-state index in [0.29, 0.717) is 0 Å². The minimum absolute atomic E-state index is 0.0424. The van der Waals surface area contributed by atoms with Crippen molar-refractivity contribution < 1.29 is 0 Å². The molecule has 1 aliphatic rings. The molecular formula is C17H12Cl2S2. The Morgan fingerprint density at radius 3 is 1.95 bits per heavy atom. The van der Waals surface area contributed by atoms with Gasteiger partial charge in [-0.2, -0.15) is 0 Å². The normalized spacial score (nSPS) is 15.0. The summed E-state index contributed by atoms with van der Waals surface area (Å²) in [4.78, 5) is 2.82. The molecule has 0 atom stereocenters. The lowest BCUT2D eigenvalue weighted by Gasteiger charge is -2.27. The summed E-state index contributed by atoms with van der Waals surface area (Å²) in [5.74, 6) is 0. The Bertz CT molecular complexity index is 768. The molecule has 0 spiro atoms. The molecule has 0 aliphatic heterocycles. The lowest BCUT2D eigenvalue weighted by Crippen LogP contribution is -2.23. The molecule has 0 unspecified atom stereocenters. The van der Waals surface area contributed by atoms with Gasteiger partial charge in [-0.05, 0) is 58.1 Å². The number of fused-ring (bicyclic) bond motifs is 3. The highest BCUT2D eigenvalue weighted by atomic mass is 35.5. The Balaban J connectivity index is 1.89. The molecule has 106 valence electrons. The van der Waals surface area contributed by atoms with Gasteiger partial charge in [0.1, 0.15) is 0 Å². The molecule has 0 saturated carbocycles. The van der Waals surface area contributed by atoms with Crippen molar-refractivity contribution in [2.45, 2.75) is 18.8 Å². The van der Waals surface area contributed by atoms with Crippen molar-refractivity contribution in [1.29, 1.82) is 0 Å². The van der Waals surface area contributed by atoms with Gasteiger partial charge in [-0.3, -0.25) is 0 Å². The molecule has 1 aliphatic carbocycles. The van der Waals surface area contributed by atoms with Crippen molar-refractivity contribution in [1.82, 2.24) is 0 Å². The molecule has 4 rings (SSSR count). The molecule has 4 heteroatoms. The number of rotatable bonds is 2. The van der Waals surface area contributed by atoms with Gasteiger partial charge in [-0.1, -0.05) is 36.2 Å². The predicted molar refractivity (Wildman–Crippen MR) is 94.3 cm³/mol. The van der Waals surface area contributed by atoms with E-state index in [1.807, 2.05) is 40.9 Å². The molecule has 2 aromatic heterocycles. The zero-order chi connectivity index (χ0) is 14.6. The highest BCUT2D eigenvalue weighted by molar-refractivity contribution is 7.21. The van der Waals surface area contributed by atoms with Crippen molar-refractivity contribution in [2.75, 3.05) is 0 Å². The van der Waals surface area contributed by atoms with Gasteiger partial charge in [-0.25, -0.2) is 0 Å². The van der Waals surface area contributed by atoms with Gasteiger partial charge in [0.05, 0.1) is 0 Å². The molecule has 2 heterocycles. The Hall–Kier alpha value is -0.800. The standard InChI is InChI=1S/C17H12Cl2S2/c1-17(9-10-13(18)3-2-4-14(10)19)11-5-7-20-15(11)16-12(17)6-8-21-16/h2-8H,9H2,1H3. The Morgan fingerprint density at radius 2 is 1.43 bits per heavy atom. The van der Waals surface area contributed by atoms with Crippen LogP contribution in [0.5, 0.6) is 0 Å². The molecule has 3 aromatic rings. The number of benzene rings is 1. The molecule has 0 nitrogen and oxygen atoms in total. The van der Waals surface area contributed by atoms with E-state index in [4.69, 9.17) is 23.2 Å². The van der Waals surface area contributed by atoms with E-state index in [-0.39, 0.29) is 5.41 Å². The van der Waals surface area contributed by atoms with E-state index >= 15 is 0 Å². The van der Waals surface area contributed by atoms with Crippen molar-refractivity contribution in [3.8, 4) is 9.75 Å². The molecule has 0 fully saturated rings. The smallest absolute Gasteiger partial charge is 0.0486 e. The van der Waals surface area contributed by atoms with Crippen molar-refractivity contribution in [3.63, 3.8) is 0 Å². The maximum atomic E-state index is 6.39. The summed E-state index contributed by atoms with van der Waals surface area (Å²) in [6, 6.07) is 10.2. The van der Waals surface area contributed by atoms with Gasteiger partial charge in [-0.15, -0.1) is 22.7 Å². The van der Waals surface area contributed by atoms with Crippen LogP contribution in [0.2, 0.25) is 10.0 Å². The van der Waals surface area contributed by atoms with Crippen LogP contribution in [0.4, 0.5) is 0 Å². The van der Waals surface area contributed by atoms with Crippen LogP contribution in [-0.4, -0.2) is 0 Å². The van der Waals surface area contributed by atoms with E-state index in [9.17, 15) is 0 Å². The van der Waals surface area contributed by atoms with Crippen molar-refractivity contribution >= 4 is 45.9 Å². The fraction of sp³-hybridized carbons (Fsp3) is 0.176. The molecule has 0 radical (unpaired) electrons. The number of hydrogen-bond acceptors (Lipinski definition) is 2. The van der Waals surface area contributed by atoms with Gasteiger partial charge >= 0.3 is 0 Å². The third-order valence-corrected chi connectivity index (χ3v) is 7.02. The number of hydrogen-bond donors (Lipinski definition) is 0. The average Bonchev–Trinajstić information content (AvgIpc) is 3.12. The van der Waals surface area contributed by atoms with Crippen LogP contribution in [0.25, 0.3) is 9.75 Å². The van der Waals surface area contributed by atoms with Crippen LogP contribution in [-0.2, 0) is 11.8 Å². The molecule has 0 saturated heterocycles. The minimum Gasteiger partial charge on any atom is -0.143 e. The maximum absolute atomic E-state index is 6.39. The second-order valence-corrected chi connectivity index (χ2v) is 8.18. The van der Waals surface area contributed by atoms with Crippen LogP contribution in [0, 0.1) is 0 Å². The van der Waals surface area contributed by atoms with E-state index < -0.39 is 0 Å². The fourth-order valence-electron chi connectivity index (χ4n) is 3.23. The van der Waals surface area contributed by atoms with Gasteiger partial charge < -0.3 is 0 Å². The maximum Gasteiger partial charge on any atom is 0.0486 e. The lowest BCUT2D eigenvalue weighted by molar-refractivity contribution is 0.585. The molecule has 1 aromatic carbocycles. The molecule has 21 heavy (non-hydrogen) atoms. The van der Waals surface area contributed by atoms with Crippen LogP contribution in [0.3, 0.4) is 0 Å². The van der Waals surface area contributed by atoms with Gasteiger partial charge in [0.2, 0.25) is 0 Å². The van der Waals surface area contributed by atoms with Crippen molar-refractivity contribution in [3.05, 3.63) is 67.8 Å². The second kappa shape index (κ2) is 4.85. The fourth-order valence-corrected chi connectivity index (χ4v) is 6.00. The Kier molecular flexibility index (Phi) is 3.20. The molecule has 0 bridgehead atoms. The van der Waals surface area contributed by atoms with Gasteiger partial charge in [0, 0.05) is 25.2 Å². The monoisotopic (exact) mass is 350 g/mol. The summed E-state index contributed by atoms with van der Waals surface area (Å²) in [6.45, 7) is 2.30. The third-order valence-electron chi connectivity index (χ3n) is 4.32. The summed E-state index contributed by atoms with van der Waals surface area (Å²) >= 11 is 16.4. The molecule has 0 amide bonds. The van der Waals surface area contributed by atoms with E-state index in [2.05, 4.69) is 29.8 Å². The first-order valence-corrected chi connectivity index (χ1v) is 9.22. The Morgan fingerprint density at radius 1 is 0.905 bits per heavy atom. The second-order valence-electron chi connectivity index (χ2n) is 5.54. The van der Waals surface area contributed by atoms with Gasteiger partial charge in [0.25, 0.3) is 0 Å². The first kappa shape index (κ1) is 13.8. The van der Waals surface area contributed by atoms with Crippen LogP contribution in [0.1, 0.15) is 23.6 Å². The first-order valence-electron chi connectivity index (χ1n) is 6.70. The lowest BCUT2D eigenvalue weighted by atomic mass is 9.76. The van der Waals surface area contributed by atoms with Crippen LogP contribution in [0.15, 0.2) is 41.1 Å². The minimum atomic E-state index is -0.0424. The summed E-state index contributed by atoms with van der Waals surface area (Å²) < 4.78 is 0. The zero-order valence-corrected chi connectivity index (χ0v) is 14.5. The summed E-state index contributed by atoms with van der Waals surface area (Å²) in [5, 5.41) is 5.87. The summed E-state index contributed by atoms with van der Waals surface area (Å²) in [5.41, 5.74) is 3.81. The number of thiophene rings is 2. The topological polar surface area (TPSA) is 0 Å². The van der Waals surface area contributed by atoms with E-state index in [1.54, 1.807) is 0 Å². The highest BCUT2D eigenvalue weighted by Crippen LogP contribution is 2.55. The van der Waals surface area contributed by atoms with Crippen molar-refractivity contribution in [2.24, 2.45) is 0 Å². The van der Waals surface area contributed by atoms with Crippen LogP contribution >= 0.6 is 45.9 Å². The highest BCUT2D eigenvalue weighted by Gasteiger charge is 2.41. The Labute approximate surface area is 142 Å². The van der Waals surface area contributed by atoms with Crippen LogP contribution < -0.4 is 0 Å². The van der Waals surface area contributed by atoms with Gasteiger partial charge in [0.15, 0.2) is 0 Å². The quantitative estimate of drug-likeness (QED) is 0.485. The summed E-state index contributed by atoms with van der Waals surface area (Å²) in [6.07, 6.45) is 0.832. The average molecular weight is 351 g/mol. The molecule has 0 N–H and O–H groups in total. The summed E-state index contributed by atoms with van der Waals surface area (Å²) in [7, 11) is 0. The number of halogens is 2. The third kappa shape index (κ3) is 1.93. The first-order chi connectivity index (χ1) is 10.1. The molecular weight excluding hydrogens is 339 g/mol. The van der Waals surface area contributed by atoms with E-state index in [0.717, 1.165) is 22.0 Å².